The third kappa shape index (κ3) is 2.89. The van der Waals surface area contributed by atoms with Gasteiger partial charge in [0.15, 0.2) is 17.6 Å². The summed E-state index contributed by atoms with van der Waals surface area (Å²) in [6.07, 6.45) is 3.08. The van der Waals surface area contributed by atoms with E-state index in [0.29, 0.717) is 16.7 Å². The molecule has 0 aliphatic rings. The molecule has 0 fully saturated rings. The number of nitrogens with one attached hydrogen (secondary N) is 2. The van der Waals surface area contributed by atoms with Crippen LogP contribution < -0.4 is 5.32 Å². The van der Waals surface area contributed by atoms with Gasteiger partial charge in [-0.05, 0) is 19.9 Å². The average Bonchev–Trinajstić information content (AvgIpc) is 3.16. The molecular weight excluding hydrogens is 302 g/mol. The van der Waals surface area contributed by atoms with Crippen molar-refractivity contribution in [3.63, 3.8) is 0 Å². The molecule has 3 aromatic heterocycles. The topological polar surface area (TPSA) is 123 Å². The molecular formula is C14H13N5O4. The monoisotopic (exact) mass is 315 g/mol. The van der Waals surface area contributed by atoms with Crippen molar-refractivity contribution in [1.29, 1.82) is 0 Å². The smallest absolute Gasteiger partial charge is 0.375 e. The van der Waals surface area contributed by atoms with Crippen LogP contribution in [0.1, 0.15) is 23.0 Å². The van der Waals surface area contributed by atoms with Gasteiger partial charge in [-0.3, -0.25) is 4.79 Å². The first-order valence-corrected chi connectivity index (χ1v) is 6.76. The van der Waals surface area contributed by atoms with Crippen LogP contribution in [-0.2, 0) is 9.53 Å². The Labute approximate surface area is 130 Å². The first kappa shape index (κ1) is 14.7. The lowest BCUT2D eigenvalue weighted by Crippen LogP contribution is -2.30. The van der Waals surface area contributed by atoms with Gasteiger partial charge in [-0.1, -0.05) is 0 Å². The number of imidazole rings is 1. The van der Waals surface area contributed by atoms with Crippen molar-refractivity contribution >= 4 is 28.9 Å². The number of esters is 1. The van der Waals surface area contributed by atoms with Crippen LogP contribution in [0.2, 0.25) is 0 Å². The predicted molar refractivity (Wildman–Crippen MR) is 78.6 cm³/mol. The molecule has 2 N–H and O–H groups in total. The molecule has 9 heteroatoms. The molecule has 1 amide bonds. The van der Waals surface area contributed by atoms with Gasteiger partial charge in [-0.15, -0.1) is 0 Å². The number of fused-ring (bicyclic) bond motifs is 1. The zero-order valence-corrected chi connectivity index (χ0v) is 12.4. The lowest BCUT2D eigenvalue weighted by atomic mass is 10.3. The normalized spacial score (nSPS) is 12.1. The van der Waals surface area contributed by atoms with Crippen molar-refractivity contribution in [3.8, 4) is 0 Å². The van der Waals surface area contributed by atoms with Crippen molar-refractivity contribution in [2.45, 2.75) is 20.0 Å². The number of amides is 1. The molecule has 0 spiro atoms. The second-order valence-electron chi connectivity index (χ2n) is 4.79. The van der Waals surface area contributed by atoms with Gasteiger partial charge in [0.1, 0.15) is 11.8 Å². The summed E-state index contributed by atoms with van der Waals surface area (Å²) in [5, 5.41) is 2.57. The molecule has 1 unspecified atom stereocenters. The van der Waals surface area contributed by atoms with E-state index in [1.165, 1.54) is 25.8 Å². The zero-order valence-electron chi connectivity index (χ0n) is 12.4. The first-order valence-electron chi connectivity index (χ1n) is 6.76. The number of hydrogen-bond acceptors (Lipinski definition) is 7. The zero-order chi connectivity index (χ0) is 16.4. The largest absolute Gasteiger partial charge is 0.457 e. The first-order chi connectivity index (χ1) is 11.1. The van der Waals surface area contributed by atoms with Gasteiger partial charge in [-0.2, -0.15) is 0 Å². The molecule has 3 heterocycles. The summed E-state index contributed by atoms with van der Waals surface area (Å²) < 4.78 is 10.1. The number of carbonyl (C=O) groups excluding carboxylic acids is 2. The second kappa shape index (κ2) is 5.87. The van der Waals surface area contributed by atoms with E-state index in [1.54, 1.807) is 13.0 Å². The van der Waals surface area contributed by atoms with Crippen molar-refractivity contribution in [2.75, 3.05) is 5.32 Å². The molecule has 3 rings (SSSR count). The van der Waals surface area contributed by atoms with Gasteiger partial charge in [0, 0.05) is 5.56 Å². The standard InChI is InChI=1S/C14H13N5O4/c1-7-3-4-22-10(7)14(21)23-8(2)13(20)19-12-9-11(16-5-15-9)17-6-18-12/h3-6,8H,1-2H3,(H2,15,16,17,18,19,20). The Bertz CT molecular complexity index is 869. The minimum Gasteiger partial charge on any atom is -0.457 e. The van der Waals surface area contributed by atoms with Crippen LogP contribution in [0.15, 0.2) is 29.4 Å². The highest BCUT2D eigenvalue weighted by atomic mass is 16.6. The van der Waals surface area contributed by atoms with Crippen LogP contribution in [0.5, 0.6) is 0 Å². The summed E-state index contributed by atoms with van der Waals surface area (Å²) in [7, 11) is 0. The van der Waals surface area contributed by atoms with Crippen LogP contribution in [0, 0.1) is 6.92 Å². The lowest BCUT2D eigenvalue weighted by molar-refractivity contribution is -0.123. The third-order valence-corrected chi connectivity index (χ3v) is 3.17. The van der Waals surface area contributed by atoms with E-state index in [2.05, 4.69) is 25.3 Å². The van der Waals surface area contributed by atoms with E-state index in [1.807, 2.05) is 0 Å². The molecule has 0 radical (unpaired) electrons. The number of carbonyl (C=O) groups is 2. The van der Waals surface area contributed by atoms with Crippen LogP contribution in [0.4, 0.5) is 5.82 Å². The number of H-pyrrole nitrogens is 1. The molecule has 0 aliphatic carbocycles. The number of furan rings is 1. The van der Waals surface area contributed by atoms with E-state index >= 15 is 0 Å². The molecule has 118 valence electrons. The Morgan fingerprint density at radius 1 is 1.35 bits per heavy atom. The van der Waals surface area contributed by atoms with Crippen molar-refractivity contribution in [2.24, 2.45) is 0 Å². The second-order valence-corrected chi connectivity index (χ2v) is 4.79. The fourth-order valence-electron chi connectivity index (χ4n) is 1.93. The van der Waals surface area contributed by atoms with Crippen LogP contribution in [0.3, 0.4) is 0 Å². The maximum atomic E-state index is 12.2. The van der Waals surface area contributed by atoms with E-state index in [-0.39, 0.29) is 11.6 Å². The van der Waals surface area contributed by atoms with Gasteiger partial charge >= 0.3 is 5.97 Å². The summed E-state index contributed by atoms with van der Waals surface area (Å²) in [6, 6.07) is 1.64. The highest BCUT2D eigenvalue weighted by Crippen LogP contribution is 2.16. The summed E-state index contributed by atoms with van der Waals surface area (Å²) in [6.45, 7) is 3.16. The number of rotatable bonds is 4. The van der Waals surface area contributed by atoms with Crippen LogP contribution >= 0.6 is 0 Å². The minimum absolute atomic E-state index is 0.0719. The van der Waals surface area contributed by atoms with Gasteiger partial charge in [0.2, 0.25) is 5.76 Å². The summed E-state index contributed by atoms with van der Waals surface area (Å²) in [4.78, 5) is 38.8. The number of aryl methyl sites for hydroxylation is 1. The summed E-state index contributed by atoms with van der Waals surface area (Å²) in [5.41, 5.74) is 1.55. The van der Waals surface area contributed by atoms with Crippen LogP contribution in [-0.4, -0.2) is 37.9 Å². The molecule has 0 aliphatic heterocycles. The quantitative estimate of drug-likeness (QED) is 0.698. The Hall–Kier alpha value is -3.23. The maximum Gasteiger partial charge on any atom is 0.375 e. The number of anilines is 1. The number of hydrogen-bond donors (Lipinski definition) is 2. The Morgan fingerprint density at radius 3 is 2.91 bits per heavy atom. The minimum atomic E-state index is -1.03. The van der Waals surface area contributed by atoms with E-state index < -0.39 is 18.0 Å². The Morgan fingerprint density at radius 2 is 2.17 bits per heavy atom. The number of ether oxygens (including phenoxy) is 1. The van der Waals surface area contributed by atoms with E-state index in [9.17, 15) is 9.59 Å². The van der Waals surface area contributed by atoms with Crippen molar-refractivity contribution in [3.05, 3.63) is 36.3 Å². The molecule has 0 saturated heterocycles. The van der Waals surface area contributed by atoms with Gasteiger partial charge < -0.3 is 19.5 Å². The number of aromatic nitrogens is 4. The summed E-state index contributed by atoms with van der Waals surface area (Å²) in [5.74, 6) is -0.904. The highest BCUT2D eigenvalue weighted by molar-refractivity contribution is 6.00. The van der Waals surface area contributed by atoms with Crippen LogP contribution in [0.25, 0.3) is 11.2 Å². The summed E-state index contributed by atoms with van der Waals surface area (Å²) >= 11 is 0. The third-order valence-electron chi connectivity index (χ3n) is 3.17. The SMILES string of the molecule is Cc1ccoc1C(=O)OC(C)C(=O)Nc1ncnc2nc[nH]c12. The van der Waals surface area contributed by atoms with E-state index in [4.69, 9.17) is 9.15 Å². The molecule has 9 nitrogen and oxygen atoms in total. The molecule has 23 heavy (non-hydrogen) atoms. The molecule has 3 aromatic rings. The fraction of sp³-hybridized carbons (Fsp3) is 0.214. The Kier molecular flexibility index (Phi) is 3.75. The highest BCUT2D eigenvalue weighted by Gasteiger charge is 2.23. The lowest BCUT2D eigenvalue weighted by Gasteiger charge is -2.12. The van der Waals surface area contributed by atoms with Gasteiger partial charge in [-0.25, -0.2) is 19.7 Å². The van der Waals surface area contributed by atoms with Crippen molar-refractivity contribution in [1.82, 2.24) is 19.9 Å². The Balaban J connectivity index is 1.69. The predicted octanol–water partition coefficient (Wildman–Crippen LogP) is 1.44. The van der Waals surface area contributed by atoms with Crippen molar-refractivity contribution < 1.29 is 18.7 Å². The van der Waals surface area contributed by atoms with Gasteiger partial charge in [0.05, 0.1) is 12.6 Å². The molecule has 0 bridgehead atoms. The number of nitrogens with zero attached hydrogens (tertiary/aromatic N) is 3. The van der Waals surface area contributed by atoms with E-state index in [0.717, 1.165) is 0 Å². The molecule has 0 aromatic carbocycles. The fourth-order valence-corrected chi connectivity index (χ4v) is 1.93. The maximum absolute atomic E-state index is 12.2. The number of aromatic amines is 1. The molecule has 1 atom stereocenters. The molecule has 0 saturated carbocycles. The van der Waals surface area contributed by atoms with Gasteiger partial charge in [0.25, 0.3) is 5.91 Å². The average molecular weight is 315 g/mol.